The third-order valence-electron chi connectivity index (χ3n) is 2.22. The molecule has 15 heavy (non-hydrogen) atoms. The minimum absolute atomic E-state index is 0.549. The van der Waals surface area contributed by atoms with Crippen molar-refractivity contribution in [2.75, 3.05) is 6.61 Å². The summed E-state index contributed by atoms with van der Waals surface area (Å²) in [4.78, 5) is 3.08. The molecule has 0 spiro atoms. The largest absolute Gasteiger partial charge is 0.494 e. The molecule has 0 fully saturated rings. The van der Waals surface area contributed by atoms with E-state index in [1.807, 2.05) is 12.1 Å². The summed E-state index contributed by atoms with van der Waals surface area (Å²) in [5, 5.41) is 8.49. The van der Waals surface area contributed by atoms with Crippen molar-refractivity contribution < 1.29 is 4.74 Å². The van der Waals surface area contributed by atoms with Gasteiger partial charge in [0, 0.05) is 12.1 Å². The average Bonchev–Trinajstić information content (AvgIpc) is 2.30. The van der Waals surface area contributed by atoms with Crippen LogP contribution >= 0.6 is 0 Å². The predicted molar refractivity (Wildman–Crippen MR) is 60.8 cm³/mol. The van der Waals surface area contributed by atoms with Gasteiger partial charge in [-0.1, -0.05) is 26.2 Å². The molecule has 0 atom stereocenters. The van der Waals surface area contributed by atoms with Crippen LogP contribution in [0, 0.1) is 5.39 Å². The Labute approximate surface area is 90.7 Å². The molecule has 1 aromatic carbocycles. The number of benzene rings is 1. The zero-order valence-corrected chi connectivity index (χ0v) is 9.15. The lowest BCUT2D eigenvalue weighted by Gasteiger charge is -2.04. The smallest absolute Gasteiger partial charge is 0.385 e. The topological polar surface area (TPSA) is 37.4 Å². The van der Waals surface area contributed by atoms with Crippen LogP contribution in [0.3, 0.4) is 0 Å². The van der Waals surface area contributed by atoms with Gasteiger partial charge < -0.3 is 4.74 Å². The second-order valence-electron chi connectivity index (χ2n) is 3.50. The molecule has 0 aromatic heterocycles. The molecule has 0 aliphatic heterocycles. The summed E-state index contributed by atoms with van der Waals surface area (Å²) in [6.07, 6.45) is 4.83. The number of rotatable bonds is 6. The molecule has 0 radical (unpaired) electrons. The number of diazo groups is 1. The van der Waals surface area contributed by atoms with Gasteiger partial charge in [-0.15, -0.1) is 0 Å². The number of unbranched alkanes of at least 4 members (excludes halogenated alkanes) is 3. The summed E-state index contributed by atoms with van der Waals surface area (Å²) in [5.74, 6) is 0.832. The fourth-order valence-electron chi connectivity index (χ4n) is 1.33. The molecule has 0 aliphatic rings. The first-order chi connectivity index (χ1) is 7.36. The molecular weight excluding hydrogens is 188 g/mol. The lowest BCUT2D eigenvalue weighted by atomic mass is 10.2. The Morgan fingerprint density at radius 3 is 2.47 bits per heavy atom. The van der Waals surface area contributed by atoms with Crippen LogP contribution in [0.25, 0.3) is 4.98 Å². The summed E-state index contributed by atoms with van der Waals surface area (Å²) in [7, 11) is 0. The van der Waals surface area contributed by atoms with Gasteiger partial charge in [-0.3, -0.25) is 0 Å². The molecule has 1 rings (SSSR count). The van der Waals surface area contributed by atoms with Crippen molar-refractivity contribution in [1.82, 2.24) is 0 Å². The molecule has 0 aliphatic carbocycles. The van der Waals surface area contributed by atoms with Crippen molar-refractivity contribution >= 4 is 5.69 Å². The van der Waals surface area contributed by atoms with Crippen LogP contribution in [-0.2, 0) is 0 Å². The lowest BCUT2D eigenvalue weighted by molar-refractivity contribution is 0.305. The van der Waals surface area contributed by atoms with Gasteiger partial charge in [0.05, 0.1) is 6.61 Å². The summed E-state index contributed by atoms with van der Waals surface area (Å²) in [5.41, 5.74) is 0.549. The van der Waals surface area contributed by atoms with Crippen LogP contribution in [0.2, 0.25) is 0 Å². The van der Waals surface area contributed by atoms with E-state index in [0.29, 0.717) is 5.69 Å². The minimum atomic E-state index is 0.549. The Hall–Kier alpha value is -1.56. The third kappa shape index (κ3) is 4.46. The van der Waals surface area contributed by atoms with Gasteiger partial charge in [-0.25, -0.2) is 0 Å². The van der Waals surface area contributed by atoms with Gasteiger partial charge in [0.1, 0.15) is 5.75 Å². The average molecular weight is 205 g/mol. The SMILES string of the molecule is CCCCCCOc1ccc([N+]#N)cc1. The van der Waals surface area contributed by atoms with Crippen LogP contribution in [0.1, 0.15) is 32.6 Å². The molecular formula is C12H17N2O+. The van der Waals surface area contributed by atoms with Gasteiger partial charge in [-0.05, 0) is 18.6 Å². The predicted octanol–water partition coefficient (Wildman–Crippen LogP) is 4.13. The van der Waals surface area contributed by atoms with E-state index in [1.165, 1.54) is 19.3 Å². The lowest BCUT2D eigenvalue weighted by Crippen LogP contribution is -1.96. The fourth-order valence-corrected chi connectivity index (χ4v) is 1.33. The Bertz CT molecular complexity index is 313. The van der Waals surface area contributed by atoms with Crippen molar-refractivity contribution in [2.24, 2.45) is 0 Å². The monoisotopic (exact) mass is 205 g/mol. The fraction of sp³-hybridized carbons (Fsp3) is 0.500. The molecule has 3 heteroatoms. The second-order valence-corrected chi connectivity index (χ2v) is 3.50. The van der Waals surface area contributed by atoms with E-state index in [-0.39, 0.29) is 0 Å². The number of ether oxygens (including phenoxy) is 1. The van der Waals surface area contributed by atoms with Crippen molar-refractivity contribution in [3.05, 3.63) is 29.2 Å². The maximum absolute atomic E-state index is 8.49. The molecule has 0 heterocycles. The molecule has 0 unspecified atom stereocenters. The van der Waals surface area contributed by atoms with Gasteiger partial charge in [0.25, 0.3) is 0 Å². The first-order valence-corrected chi connectivity index (χ1v) is 5.44. The van der Waals surface area contributed by atoms with Crippen LogP contribution in [-0.4, -0.2) is 6.61 Å². The summed E-state index contributed by atoms with van der Waals surface area (Å²) < 4.78 is 5.53. The summed E-state index contributed by atoms with van der Waals surface area (Å²) >= 11 is 0. The van der Waals surface area contributed by atoms with E-state index in [2.05, 4.69) is 11.9 Å². The Morgan fingerprint density at radius 2 is 1.87 bits per heavy atom. The normalized spacial score (nSPS) is 9.60. The molecule has 0 saturated heterocycles. The quantitative estimate of drug-likeness (QED) is 0.517. The molecule has 0 bridgehead atoms. The van der Waals surface area contributed by atoms with E-state index < -0.39 is 0 Å². The van der Waals surface area contributed by atoms with Crippen LogP contribution in [0.4, 0.5) is 5.69 Å². The summed E-state index contributed by atoms with van der Waals surface area (Å²) in [6, 6.07) is 7.08. The molecule has 3 nitrogen and oxygen atoms in total. The van der Waals surface area contributed by atoms with Gasteiger partial charge in [0.2, 0.25) is 5.39 Å². The number of hydrogen-bond donors (Lipinski definition) is 0. The first-order valence-electron chi connectivity index (χ1n) is 5.44. The van der Waals surface area contributed by atoms with E-state index >= 15 is 0 Å². The van der Waals surface area contributed by atoms with E-state index in [4.69, 9.17) is 10.1 Å². The van der Waals surface area contributed by atoms with Crippen molar-refractivity contribution in [3.63, 3.8) is 0 Å². The standard InChI is InChI=1S/C12H17N2O/c1-2-3-4-5-10-15-12-8-6-11(14-13)7-9-12/h6-9H,2-5,10H2,1H3/q+1. The Balaban J connectivity index is 2.23. The molecule has 0 saturated carbocycles. The Morgan fingerprint density at radius 1 is 1.13 bits per heavy atom. The van der Waals surface area contributed by atoms with Gasteiger partial charge in [0.15, 0.2) is 4.98 Å². The highest BCUT2D eigenvalue weighted by molar-refractivity contribution is 5.46. The van der Waals surface area contributed by atoms with Crippen molar-refractivity contribution in [3.8, 4) is 5.75 Å². The van der Waals surface area contributed by atoms with E-state index in [0.717, 1.165) is 18.8 Å². The zero-order valence-electron chi connectivity index (χ0n) is 9.15. The highest BCUT2D eigenvalue weighted by atomic mass is 16.5. The van der Waals surface area contributed by atoms with Crippen LogP contribution < -0.4 is 4.74 Å². The first kappa shape index (κ1) is 11.5. The minimum Gasteiger partial charge on any atom is -0.494 e. The molecule has 80 valence electrons. The molecule has 0 amide bonds. The number of hydrogen-bond acceptors (Lipinski definition) is 2. The maximum atomic E-state index is 8.49. The van der Waals surface area contributed by atoms with Crippen molar-refractivity contribution in [2.45, 2.75) is 32.6 Å². The molecule has 1 aromatic rings. The van der Waals surface area contributed by atoms with E-state index in [1.54, 1.807) is 12.1 Å². The van der Waals surface area contributed by atoms with Crippen LogP contribution in [0.5, 0.6) is 5.75 Å². The second kappa shape index (κ2) is 6.83. The van der Waals surface area contributed by atoms with Crippen molar-refractivity contribution in [1.29, 1.82) is 5.39 Å². The maximum Gasteiger partial charge on any atom is 0.385 e. The number of nitrogens with zero attached hydrogens (tertiary/aromatic N) is 2. The molecule has 0 N–H and O–H groups in total. The van der Waals surface area contributed by atoms with Gasteiger partial charge >= 0.3 is 5.69 Å². The third-order valence-corrected chi connectivity index (χ3v) is 2.22. The van der Waals surface area contributed by atoms with Gasteiger partial charge in [-0.2, -0.15) is 0 Å². The highest BCUT2D eigenvalue weighted by Gasteiger charge is 2.02. The Kier molecular flexibility index (Phi) is 5.24. The summed E-state index contributed by atoms with van der Waals surface area (Å²) in [6.45, 7) is 2.95. The van der Waals surface area contributed by atoms with Crippen LogP contribution in [0.15, 0.2) is 24.3 Å². The highest BCUT2D eigenvalue weighted by Crippen LogP contribution is 2.17. The zero-order chi connectivity index (χ0) is 10.9. The van der Waals surface area contributed by atoms with E-state index in [9.17, 15) is 0 Å².